The molecule has 0 radical (unpaired) electrons. The number of aromatic nitrogens is 2. The highest BCUT2D eigenvalue weighted by Crippen LogP contribution is 2.16. The summed E-state index contributed by atoms with van der Waals surface area (Å²) in [5, 5.41) is 13.5. The summed E-state index contributed by atoms with van der Waals surface area (Å²) in [6.07, 6.45) is 2.85. The standard InChI is InChI=1S/C19H28N4O2/c1-2-17(15-24)23-13-11-22(12-14-23)10-6-9-18-20-19(21-25-18)16-7-4-3-5-8-16/h3-5,7-8,17,24H,2,6,9-15H2,1H3. The van der Waals surface area contributed by atoms with E-state index in [1.807, 2.05) is 30.3 Å². The van der Waals surface area contributed by atoms with Gasteiger partial charge in [0.05, 0.1) is 6.61 Å². The maximum atomic E-state index is 9.42. The van der Waals surface area contributed by atoms with E-state index >= 15 is 0 Å². The zero-order valence-electron chi connectivity index (χ0n) is 15.0. The summed E-state index contributed by atoms with van der Waals surface area (Å²) in [7, 11) is 0. The van der Waals surface area contributed by atoms with Gasteiger partial charge in [0, 0.05) is 44.2 Å². The van der Waals surface area contributed by atoms with E-state index in [9.17, 15) is 5.11 Å². The topological polar surface area (TPSA) is 65.6 Å². The van der Waals surface area contributed by atoms with E-state index in [1.165, 1.54) is 0 Å². The minimum atomic E-state index is 0.261. The van der Waals surface area contributed by atoms with E-state index in [1.54, 1.807) is 0 Å². The van der Waals surface area contributed by atoms with Crippen LogP contribution < -0.4 is 0 Å². The molecular formula is C19H28N4O2. The summed E-state index contributed by atoms with van der Waals surface area (Å²) in [4.78, 5) is 9.37. The minimum Gasteiger partial charge on any atom is -0.395 e. The van der Waals surface area contributed by atoms with E-state index in [-0.39, 0.29) is 6.61 Å². The third-order valence-electron chi connectivity index (χ3n) is 4.97. The van der Waals surface area contributed by atoms with Crippen LogP contribution in [0.1, 0.15) is 25.7 Å². The summed E-state index contributed by atoms with van der Waals surface area (Å²) in [5.41, 5.74) is 0.989. The Morgan fingerprint density at radius 3 is 2.60 bits per heavy atom. The van der Waals surface area contributed by atoms with Gasteiger partial charge in [0.2, 0.25) is 11.7 Å². The molecule has 2 aromatic rings. The van der Waals surface area contributed by atoms with E-state index in [2.05, 4.69) is 26.9 Å². The Balaban J connectivity index is 1.40. The third-order valence-corrected chi connectivity index (χ3v) is 4.97. The zero-order valence-corrected chi connectivity index (χ0v) is 15.0. The molecule has 2 heterocycles. The van der Waals surface area contributed by atoms with Crippen LogP contribution in [0.4, 0.5) is 0 Å². The highest BCUT2D eigenvalue weighted by atomic mass is 16.5. The van der Waals surface area contributed by atoms with Crippen LogP contribution in [0.15, 0.2) is 34.9 Å². The van der Waals surface area contributed by atoms with Crippen molar-refractivity contribution >= 4 is 0 Å². The Morgan fingerprint density at radius 1 is 1.16 bits per heavy atom. The van der Waals surface area contributed by atoms with Crippen molar-refractivity contribution in [2.45, 2.75) is 32.2 Å². The van der Waals surface area contributed by atoms with Gasteiger partial charge in [0.25, 0.3) is 0 Å². The SMILES string of the molecule is CCC(CO)N1CCN(CCCc2nc(-c3ccccc3)no2)CC1. The van der Waals surface area contributed by atoms with Crippen LogP contribution >= 0.6 is 0 Å². The highest BCUT2D eigenvalue weighted by molar-refractivity contribution is 5.53. The summed E-state index contributed by atoms with van der Waals surface area (Å²) in [6, 6.07) is 10.2. The Hall–Kier alpha value is -1.76. The largest absolute Gasteiger partial charge is 0.395 e. The van der Waals surface area contributed by atoms with Crippen molar-refractivity contribution in [1.82, 2.24) is 19.9 Å². The number of aryl methyl sites for hydroxylation is 1. The monoisotopic (exact) mass is 344 g/mol. The molecule has 0 spiro atoms. The molecule has 1 aromatic carbocycles. The van der Waals surface area contributed by atoms with Crippen LogP contribution in [0, 0.1) is 0 Å². The fraction of sp³-hybridized carbons (Fsp3) is 0.579. The van der Waals surface area contributed by atoms with E-state index < -0.39 is 0 Å². The molecule has 1 fully saturated rings. The van der Waals surface area contributed by atoms with Crippen molar-refractivity contribution < 1.29 is 9.63 Å². The van der Waals surface area contributed by atoms with Crippen LogP contribution in [0.5, 0.6) is 0 Å². The summed E-state index contributed by atoms with van der Waals surface area (Å²) in [6.45, 7) is 7.66. The molecule has 1 aliphatic rings. The van der Waals surface area contributed by atoms with Gasteiger partial charge in [-0.3, -0.25) is 4.90 Å². The molecule has 25 heavy (non-hydrogen) atoms. The number of aliphatic hydroxyl groups excluding tert-OH is 1. The van der Waals surface area contributed by atoms with Gasteiger partial charge in [-0.2, -0.15) is 4.98 Å². The maximum absolute atomic E-state index is 9.42. The third kappa shape index (κ3) is 4.87. The van der Waals surface area contributed by atoms with E-state index in [4.69, 9.17) is 4.52 Å². The van der Waals surface area contributed by atoms with Crippen LogP contribution in [0.2, 0.25) is 0 Å². The highest BCUT2D eigenvalue weighted by Gasteiger charge is 2.22. The van der Waals surface area contributed by atoms with E-state index in [0.29, 0.717) is 17.8 Å². The summed E-state index contributed by atoms with van der Waals surface area (Å²) in [5.74, 6) is 1.38. The molecule has 1 aliphatic heterocycles. The predicted octanol–water partition coefficient (Wildman–Crippen LogP) is 2.06. The lowest BCUT2D eigenvalue weighted by atomic mass is 10.1. The van der Waals surface area contributed by atoms with Crippen molar-refractivity contribution in [3.8, 4) is 11.4 Å². The van der Waals surface area contributed by atoms with Gasteiger partial charge in [0.15, 0.2) is 0 Å². The van der Waals surface area contributed by atoms with Gasteiger partial charge in [-0.15, -0.1) is 0 Å². The van der Waals surface area contributed by atoms with E-state index in [0.717, 1.165) is 57.5 Å². The Bertz CT molecular complexity index is 619. The molecule has 0 saturated carbocycles. The van der Waals surface area contributed by atoms with Gasteiger partial charge in [-0.1, -0.05) is 42.4 Å². The molecule has 1 N–H and O–H groups in total. The Labute approximate surface area is 149 Å². The van der Waals surface area contributed by atoms with Crippen LogP contribution in [-0.4, -0.2) is 70.4 Å². The quantitative estimate of drug-likeness (QED) is 0.791. The molecule has 1 unspecified atom stereocenters. The van der Waals surface area contributed by atoms with Crippen molar-refractivity contribution in [2.75, 3.05) is 39.3 Å². The molecule has 1 atom stereocenters. The van der Waals surface area contributed by atoms with Gasteiger partial charge < -0.3 is 14.5 Å². The van der Waals surface area contributed by atoms with Crippen LogP contribution in [0.3, 0.4) is 0 Å². The van der Waals surface area contributed by atoms with Gasteiger partial charge in [-0.05, 0) is 19.4 Å². The molecule has 6 heteroatoms. The van der Waals surface area contributed by atoms with Crippen LogP contribution in [0.25, 0.3) is 11.4 Å². The second-order valence-electron chi connectivity index (χ2n) is 6.60. The smallest absolute Gasteiger partial charge is 0.227 e. The number of hydrogen-bond donors (Lipinski definition) is 1. The number of aliphatic hydroxyl groups is 1. The molecule has 0 bridgehead atoms. The van der Waals surface area contributed by atoms with Gasteiger partial charge in [0.1, 0.15) is 0 Å². The number of benzene rings is 1. The first-order chi connectivity index (χ1) is 12.3. The predicted molar refractivity (Wildman–Crippen MR) is 97.2 cm³/mol. The number of rotatable bonds is 8. The lowest BCUT2D eigenvalue weighted by molar-refractivity contribution is 0.0631. The molecule has 1 aromatic heterocycles. The van der Waals surface area contributed by atoms with Gasteiger partial charge in [-0.25, -0.2) is 0 Å². The molecule has 3 rings (SSSR count). The van der Waals surface area contributed by atoms with Crippen molar-refractivity contribution in [3.05, 3.63) is 36.2 Å². The fourth-order valence-electron chi connectivity index (χ4n) is 3.37. The molecular weight excluding hydrogens is 316 g/mol. The molecule has 0 aliphatic carbocycles. The van der Waals surface area contributed by atoms with Crippen LogP contribution in [-0.2, 0) is 6.42 Å². The average Bonchev–Trinajstić information content (AvgIpc) is 3.14. The minimum absolute atomic E-state index is 0.261. The summed E-state index contributed by atoms with van der Waals surface area (Å²) >= 11 is 0. The first-order valence-electron chi connectivity index (χ1n) is 9.25. The molecule has 1 saturated heterocycles. The lowest BCUT2D eigenvalue weighted by Gasteiger charge is -2.38. The van der Waals surface area contributed by atoms with Crippen molar-refractivity contribution in [3.63, 3.8) is 0 Å². The van der Waals surface area contributed by atoms with Crippen molar-refractivity contribution in [1.29, 1.82) is 0 Å². The molecule has 6 nitrogen and oxygen atoms in total. The van der Waals surface area contributed by atoms with Gasteiger partial charge >= 0.3 is 0 Å². The molecule has 0 amide bonds. The second-order valence-corrected chi connectivity index (χ2v) is 6.60. The normalized spacial score (nSPS) is 17.7. The number of nitrogens with zero attached hydrogens (tertiary/aromatic N) is 4. The second kappa shape index (κ2) is 9.08. The zero-order chi connectivity index (χ0) is 17.5. The van der Waals surface area contributed by atoms with Crippen molar-refractivity contribution in [2.24, 2.45) is 0 Å². The number of piperazine rings is 1. The first-order valence-corrected chi connectivity index (χ1v) is 9.25. The Morgan fingerprint density at radius 2 is 1.92 bits per heavy atom. The summed E-state index contributed by atoms with van der Waals surface area (Å²) < 4.78 is 5.37. The fourth-order valence-corrected chi connectivity index (χ4v) is 3.37. The molecule has 136 valence electrons. The maximum Gasteiger partial charge on any atom is 0.227 e. The number of hydrogen-bond acceptors (Lipinski definition) is 6. The average molecular weight is 344 g/mol. The Kier molecular flexibility index (Phi) is 6.55. The lowest BCUT2D eigenvalue weighted by Crippen LogP contribution is -2.51. The first kappa shape index (κ1) is 18.0.